The van der Waals surface area contributed by atoms with Crippen molar-refractivity contribution < 1.29 is 18.1 Å². The molecule has 0 bridgehead atoms. The van der Waals surface area contributed by atoms with Crippen LogP contribution in [0.5, 0.6) is 0 Å². The molecule has 9 atom stereocenters. The van der Waals surface area contributed by atoms with E-state index >= 15 is 0 Å². The Morgan fingerprint density at radius 3 is 2.66 bits per heavy atom. The topological polar surface area (TPSA) is 69.6 Å². The first kappa shape index (κ1) is 24.9. The predicted octanol–water partition coefficient (Wildman–Crippen LogP) is 6.32. The molecule has 4 aliphatic carbocycles. The highest BCUT2D eigenvalue weighted by Gasteiger charge is 2.59. The summed E-state index contributed by atoms with van der Waals surface area (Å²) < 4.78 is 27.2. The zero-order chi connectivity index (χ0) is 23.3. The fourth-order valence-electron chi connectivity index (χ4n) is 8.85. The first-order valence-electron chi connectivity index (χ1n) is 13.1. The van der Waals surface area contributed by atoms with Crippen LogP contribution in [0.15, 0.2) is 11.6 Å². The van der Waals surface area contributed by atoms with E-state index in [0.29, 0.717) is 5.41 Å². The third-order valence-corrected chi connectivity index (χ3v) is 10.9. The summed E-state index contributed by atoms with van der Waals surface area (Å²) in [6.07, 6.45) is 14.8. The summed E-state index contributed by atoms with van der Waals surface area (Å²) in [6, 6.07) is 0. The van der Waals surface area contributed by atoms with Gasteiger partial charge in [0.15, 0.2) is 0 Å². The minimum Gasteiger partial charge on any atom is -0.750 e. The first-order valence-corrected chi connectivity index (χ1v) is 14.1. The molecule has 0 spiro atoms. The Bertz CT molecular complexity index is 742. The van der Waals surface area contributed by atoms with Gasteiger partial charge in [0.05, 0.1) is 23.1 Å². The Hall–Kier alpha value is -0.230. The summed E-state index contributed by atoms with van der Waals surface area (Å²) in [7, 11) is 0. The van der Waals surface area contributed by atoms with Gasteiger partial charge < -0.3 is 9.66 Å². The third kappa shape index (κ3) is 4.65. The van der Waals surface area contributed by atoms with Crippen LogP contribution in [0.1, 0.15) is 105 Å². The standard InChI is InChI=1S/C27H46O4S/c1-18(7-6-14-25(2,3)28)22-10-11-23-21-9-8-19-17-20(31-32(29)30)12-15-26(19,4)24(21)13-16-27(22,23)5/h8,18,20-24,28H,6-7,9-17H2,1-5H3,(H,29,30)/p-1. The van der Waals surface area contributed by atoms with Crippen molar-refractivity contribution in [1.29, 1.82) is 0 Å². The number of hydrogen-bond acceptors (Lipinski definition) is 4. The van der Waals surface area contributed by atoms with Gasteiger partial charge in [-0.15, -0.1) is 0 Å². The SMILES string of the molecule is CC(CCCC(C)(C)O)C1CCC2C3CC=C4CC(OS(=O)[O-])CCC4(C)C3CCC12C. The van der Waals surface area contributed by atoms with E-state index in [1.54, 1.807) is 0 Å². The van der Waals surface area contributed by atoms with Gasteiger partial charge in [-0.2, -0.15) is 0 Å². The molecule has 4 nitrogen and oxygen atoms in total. The molecular weight excluding hydrogens is 420 g/mol. The largest absolute Gasteiger partial charge is 0.750 e. The predicted molar refractivity (Wildman–Crippen MR) is 128 cm³/mol. The maximum atomic E-state index is 11.0. The first-order chi connectivity index (χ1) is 14.9. The van der Waals surface area contributed by atoms with E-state index in [4.69, 9.17) is 4.18 Å². The van der Waals surface area contributed by atoms with E-state index in [9.17, 15) is 13.9 Å². The molecule has 0 aromatic heterocycles. The average molecular weight is 466 g/mol. The Balaban J connectivity index is 1.45. The Morgan fingerprint density at radius 1 is 1.22 bits per heavy atom. The lowest BCUT2D eigenvalue weighted by atomic mass is 9.47. The van der Waals surface area contributed by atoms with Gasteiger partial charge in [-0.3, -0.25) is 4.18 Å². The van der Waals surface area contributed by atoms with Crippen molar-refractivity contribution in [2.45, 2.75) is 117 Å². The summed E-state index contributed by atoms with van der Waals surface area (Å²) in [4.78, 5) is 0. The zero-order valence-electron chi connectivity index (χ0n) is 20.9. The maximum Gasteiger partial charge on any atom is 0.0844 e. The summed E-state index contributed by atoms with van der Waals surface area (Å²) in [5.74, 6) is 3.88. The molecular formula is C27H45O4S-. The quantitative estimate of drug-likeness (QED) is 0.353. The fraction of sp³-hybridized carbons (Fsp3) is 0.926. The van der Waals surface area contributed by atoms with E-state index in [2.05, 4.69) is 26.8 Å². The normalized spacial score (nSPS) is 43.6. The molecule has 0 aliphatic heterocycles. The molecule has 9 unspecified atom stereocenters. The molecule has 0 aromatic rings. The summed E-state index contributed by atoms with van der Waals surface area (Å²) in [5.41, 5.74) is 1.61. The zero-order valence-corrected chi connectivity index (χ0v) is 21.7. The smallest absolute Gasteiger partial charge is 0.0844 e. The second-order valence-corrected chi connectivity index (χ2v) is 13.4. The highest BCUT2D eigenvalue weighted by atomic mass is 32.2. The Kier molecular flexibility index (Phi) is 7.07. The number of allylic oxidation sites excluding steroid dienone is 1. The third-order valence-electron chi connectivity index (χ3n) is 10.5. The molecule has 4 rings (SSSR count). The summed E-state index contributed by atoms with van der Waals surface area (Å²) >= 11 is -2.41. The van der Waals surface area contributed by atoms with E-state index in [1.165, 1.54) is 44.1 Å². The maximum absolute atomic E-state index is 11.0. The summed E-state index contributed by atoms with van der Waals surface area (Å²) in [5, 5.41) is 10.1. The lowest BCUT2D eigenvalue weighted by Gasteiger charge is -2.58. The molecule has 3 fully saturated rings. The molecule has 0 aromatic carbocycles. The molecule has 0 radical (unpaired) electrons. The molecule has 0 saturated heterocycles. The lowest BCUT2D eigenvalue weighted by Crippen LogP contribution is -2.51. The molecule has 32 heavy (non-hydrogen) atoms. The minimum atomic E-state index is -2.41. The Morgan fingerprint density at radius 2 is 1.97 bits per heavy atom. The van der Waals surface area contributed by atoms with Crippen LogP contribution in [0.25, 0.3) is 0 Å². The van der Waals surface area contributed by atoms with E-state index < -0.39 is 17.0 Å². The second-order valence-electron chi connectivity index (χ2n) is 12.8. The van der Waals surface area contributed by atoms with Crippen LogP contribution in [-0.2, 0) is 15.5 Å². The number of hydrogen-bond donors (Lipinski definition) is 1. The van der Waals surface area contributed by atoms with Gasteiger partial charge in [-0.25, -0.2) is 4.21 Å². The van der Waals surface area contributed by atoms with Gasteiger partial charge in [-0.1, -0.05) is 45.3 Å². The van der Waals surface area contributed by atoms with Crippen LogP contribution in [0.2, 0.25) is 0 Å². The summed E-state index contributed by atoms with van der Waals surface area (Å²) in [6.45, 7) is 11.4. The molecule has 5 heteroatoms. The van der Waals surface area contributed by atoms with Gasteiger partial charge in [0.25, 0.3) is 0 Å². The second kappa shape index (κ2) is 9.09. The minimum absolute atomic E-state index is 0.168. The molecule has 184 valence electrons. The van der Waals surface area contributed by atoms with Crippen molar-refractivity contribution in [3.8, 4) is 0 Å². The van der Waals surface area contributed by atoms with Crippen molar-refractivity contribution in [1.82, 2.24) is 0 Å². The fourth-order valence-corrected chi connectivity index (χ4v) is 9.24. The lowest BCUT2D eigenvalue weighted by molar-refractivity contribution is -0.0560. The van der Waals surface area contributed by atoms with Crippen LogP contribution in [0.3, 0.4) is 0 Å². The molecule has 0 heterocycles. The van der Waals surface area contributed by atoms with Crippen molar-refractivity contribution in [3.63, 3.8) is 0 Å². The van der Waals surface area contributed by atoms with Crippen LogP contribution in [-0.4, -0.2) is 25.6 Å². The van der Waals surface area contributed by atoms with Crippen molar-refractivity contribution in [3.05, 3.63) is 11.6 Å². The van der Waals surface area contributed by atoms with E-state index in [0.717, 1.165) is 61.7 Å². The van der Waals surface area contributed by atoms with E-state index in [1.807, 2.05) is 13.8 Å². The molecule has 0 amide bonds. The van der Waals surface area contributed by atoms with Crippen LogP contribution < -0.4 is 0 Å². The monoisotopic (exact) mass is 465 g/mol. The molecule has 1 N–H and O–H groups in total. The Labute approximate surface area is 198 Å². The molecule has 3 saturated carbocycles. The number of rotatable bonds is 7. The van der Waals surface area contributed by atoms with Gasteiger partial charge in [0.1, 0.15) is 0 Å². The van der Waals surface area contributed by atoms with Crippen molar-refractivity contribution >= 4 is 11.4 Å². The highest BCUT2D eigenvalue weighted by molar-refractivity contribution is 7.74. The van der Waals surface area contributed by atoms with Gasteiger partial charge in [0, 0.05) is 0 Å². The van der Waals surface area contributed by atoms with E-state index in [-0.39, 0.29) is 11.5 Å². The van der Waals surface area contributed by atoms with Crippen LogP contribution in [0.4, 0.5) is 0 Å². The number of fused-ring (bicyclic) bond motifs is 5. The van der Waals surface area contributed by atoms with Gasteiger partial charge in [0.2, 0.25) is 0 Å². The van der Waals surface area contributed by atoms with Gasteiger partial charge in [-0.05, 0) is 112 Å². The van der Waals surface area contributed by atoms with Crippen LogP contribution >= 0.6 is 0 Å². The van der Waals surface area contributed by atoms with Crippen molar-refractivity contribution in [2.75, 3.05) is 0 Å². The highest BCUT2D eigenvalue weighted by Crippen LogP contribution is 2.67. The van der Waals surface area contributed by atoms with Crippen molar-refractivity contribution in [2.24, 2.45) is 40.4 Å². The number of aliphatic hydroxyl groups is 1. The molecule has 4 aliphatic rings. The van der Waals surface area contributed by atoms with Gasteiger partial charge >= 0.3 is 0 Å². The van der Waals surface area contributed by atoms with Crippen LogP contribution in [0, 0.1) is 40.4 Å². The average Bonchev–Trinajstić information content (AvgIpc) is 3.04.